The zero-order valence-electron chi connectivity index (χ0n) is 14.1. The summed E-state index contributed by atoms with van der Waals surface area (Å²) in [6.07, 6.45) is 4.22. The van der Waals surface area contributed by atoms with Crippen LogP contribution in [0, 0.1) is 13.8 Å². The number of aromatic nitrogens is 3. The molecule has 1 amide bonds. The topological polar surface area (TPSA) is 85.0 Å². The van der Waals surface area contributed by atoms with Crippen molar-refractivity contribution in [1.82, 2.24) is 25.6 Å². The third-order valence-corrected chi connectivity index (χ3v) is 3.69. The van der Waals surface area contributed by atoms with Crippen molar-refractivity contribution in [1.29, 1.82) is 0 Å². The number of likely N-dealkylation sites (N-methyl/N-ethyl adjacent to an activating group) is 1. The maximum atomic E-state index is 12.4. The molecule has 2 aromatic rings. The molecule has 8 heteroatoms. The van der Waals surface area contributed by atoms with E-state index in [2.05, 4.69) is 20.9 Å². The molecule has 0 aliphatic rings. The van der Waals surface area contributed by atoms with Gasteiger partial charge in [-0.25, -0.2) is 0 Å². The molecular formula is C15H24ClN5O2. The number of halogens is 1. The van der Waals surface area contributed by atoms with E-state index < -0.39 is 6.04 Å². The SMILES string of the molecule is CNC(C(=O)NC(C)Cc1c(C)noc1C)c1cnn(C)c1.Cl. The van der Waals surface area contributed by atoms with E-state index in [9.17, 15) is 4.79 Å². The minimum absolute atomic E-state index is 0. The molecule has 2 rings (SSSR count). The van der Waals surface area contributed by atoms with Crippen LogP contribution in [0.5, 0.6) is 0 Å². The van der Waals surface area contributed by atoms with Gasteiger partial charge in [-0.1, -0.05) is 5.16 Å². The third kappa shape index (κ3) is 4.56. The van der Waals surface area contributed by atoms with E-state index in [1.165, 1.54) is 0 Å². The molecule has 0 fully saturated rings. The molecule has 0 saturated heterocycles. The zero-order valence-corrected chi connectivity index (χ0v) is 14.9. The largest absolute Gasteiger partial charge is 0.361 e. The quantitative estimate of drug-likeness (QED) is 0.830. The van der Waals surface area contributed by atoms with Crippen LogP contribution in [0.25, 0.3) is 0 Å². The summed E-state index contributed by atoms with van der Waals surface area (Å²) in [5, 5.41) is 14.1. The minimum Gasteiger partial charge on any atom is -0.361 e. The van der Waals surface area contributed by atoms with Crippen molar-refractivity contribution in [2.24, 2.45) is 7.05 Å². The van der Waals surface area contributed by atoms with Crippen LogP contribution in [-0.2, 0) is 18.3 Å². The Hall–Kier alpha value is -1.86. The van der Waals surface area contributed by atoms with Crippen LogP contribution in [-0.4, -0.2) is 33.9 Å². The molecule has 2 heterocycles. The molecular weight excluding hydrogens is 318 g/mol. The Kier molecular flexibility index (Phi) is 6.78. The van der Waals surface area contributed by atoms with Crippen molar-refractivity contribution in [3.05, 3.63) is 35.0 Å². The molecule has 0 radical (unpaired) electrons. The Labute approximate surface area is 142 Å². The van der Waals surface area contributed by atoms with Crippen LogP contribution in [0.15, 0.2) is 16.9 Å². The van der Waals surface area contributed by atoms with E-state index in [4.69, 9.17) is 4.52 Å². The van der Waals surface area contributed by atoms with Gasteiger partial charge in [0.25, 0.3) is 0 Å². The van der Waals surface area contributed by atoms with Crippen LogP contribution in [0.4, 0.5) is 0 Å². The van der Waals surface area contributed by atoms with E-state index in [-0.39, 0.29) is 24.4 Å². The second-order valence-electron chi connectivity index (χ2n) is 5.59. The molecule has 7 nitrogen and oxygen atoms in total. The lowest BCUT2D eigenvalue weighted by Gasteiger charge is -2.19. The first-order valence-electron chi connectivity index (χ1n) is 7.30. The Morgan fingerprint density at radius 3 is 2.61 bits per heavy atom. The van der Waals surface area contributed by atoms with Crippen molar-refractivity contribution in [2.75, 3.05) is 7.05 Å². The molecule has 2 atom stereocenters. The first-order valence-corrected chi connectivity index (χ1v) is 7.30. The summed E-state index contributed by atoms with van der Waals surface area (Å²) in [5.41, 5.74) is 2.76. The molecule has 0 aliphatic carbocycles. The molecule has 0 bridgehead atoms. The molecule has 0 spiro atoms. The van der Waals surface area contributed by atoms with Gasteiger partial charge in [-0.05, 0) is 34.2 Å². The van der Waals surface area contributed by atoms with Gasteiger partial charge in [0.1, 0.15) is 11.8 Å². The fraction of sp³-hybridized carbons (Fsp3) is 0.533. The van der Waals surface area contributed by atoms with E-state index in [1.54, 1.807) is 17.9 Å². The summed E-state index contributed by atoms with van der Waals surface area (Å²) in [4.78, 5) is 12.4. The van der Waals surface area contributed by atoms with Gasteiger partial charge in [0.05, 0.1) is 11.9 Å². The summed E-state index contributed by atoms with van der Waals surface area (Å²) in [6.45, 7) is 5.77. The van der Waals surface area contributed by atoms with Crippen molar-refractivity contribution < 1.29 is 9.32 Å². The van der Waals surface area contributed by atoms with Gasteiger partial charge < -0.3 is 15.2 Å². The molecule has 0 saturated carbocycles. The maximum Gasteiger partial charge on any atom is 0.242 e. The molecule has 2 unspecified atom stereocenters. The molecule has 0 aliphatic heterocycles. The van der Waals surface area contributed by atoms with Gasteiger partial charge >= 0.3 is 0 Å². The monoisotopic (exact) mass is 341 g/mol. The van der Waals surface area contributed by atoms with Crippen molar-refractivity contribution in [3.8, 4) is 0 Å². The number of carbonyl (C=O) groups excluding carboxylic acids is 1. The number of nitrogens with zero attached hydrogens (tertiary/aromatic N) is 3. The number of hydrogen-bond donors (Lipinski definition) is 2. The van der Waals surface area contributed by atoms with Crippen LogP contribution in [0.3, 0.4) is 0 Å². The maximum absolute atomic E-state index is 12.4. The number of carbonyl (C=O) groups is 1. The van der Waals surface area contributed by atoms with Crippen molar-refractivity contribution in [3.63, 3.8) is 0 Å². The second kappa shape index (κ2) is 8.12. The van der Waals surface area contributed by atoms with Gasteiger partial charge in [-0.3, -0.25) is 9.48 Å². The highest BCUT2D eigenvalue weighted by atomic mass is 35.5. The first-order chi connectivity index (χ1) is 10.4. The summed E-state index contributed by atoms with van der Waals surface area (Å²) < 4.78 is 6.84. The molecule has 0 aromatic carbocycles. The predicted molar refractivity (Wildman–Crippen MR) is 89.5 cm³/mol. The lowest BCUT2D eigenvalue weighted by molar-refractivity contribution is -0.123. The summed E-state index contributed by atoms with van der Waals surface area (Å²) in [7, 11) is 3.59. The highest BCUT2D eigenvalue weighted by Crippen LogP contribution is 2.16. The zero-order chi connectivity index (χ0) is 16.3. The standard InChI is InChI=1S/C15H23N5O2.ClH/c1-9(6-13-10(2)19-22-11(13)3)18-15(21)14(16-4)12-7-17-20(5)8-12;/h7-9,14,16H,6H2,1-5H3,(H,18,21);1H. The fourth-order valence-corrected chi connectivity index (χ4v) is 2.52. The normalized spacial score (nSPS) is 13.3. The van der Waals surface area contributed by atoms with Gasteiger partial charge in [0.2, 0.25) is 5.91 Å². The molecule has 128 valence electrons. The summed E-state index contributed by atoms with van der Waals surface area (Å²) in [5.74, 6) is 0.728. The Balaban J connectivity index is 0.00000264. The molecule has 23 heavy (non-hydrogen) atoms. The lowest BCUT2D eigenvalue weighted by atomic mass is 10.0. The second-order valence-corrected chi connectivity index (χ2v) is 5.59. The van der Waals surface area contributed by atoms with Crippen LogP contribution < -0.4 is 10.6 Å². The van der Waals surface area contributed by atoms with E-state index >= 15 is 0 Å². The average molecular weight is 342 g/mol. The van der Waals surface area contributed by atoms with Gasteiger partial charge in [-0.2, -0.15) is 5.10 Å². The van der Waals surface area contributed by atoms with Crippen LogP contribution in [0.2, 0.25) is 0 Å². The van der Waals surface area contributed by atoms with Crippen LogP contribution in [0.1, 0.15) is 35.5 Å². The van der Waals surface area contributed by atoms with Crippen LogP contribution >= 0.6 is 12.4 Å². The average Bonchev–Trinajstić information content (AvgIpc) is 3.00. The lowest BCUT2D eigenvalue weighted by Crippen LogP contribution is -2.41. The van der Waals surface area contributed by atoms with E-state index in [0.29, 0.717) is 6.42 Å². The van der Waals surface area contributed by atoms with Gasteiger partial charge in [-0.15, -0.1) is 12.4 Å². The van der Waals surface area contributed by atoms with Gasteiger partial charge in [0, 0.05) is 30.4 Å². The highest BCUT2D eigenvalue weighted by molar-refractivity contribution is 5.85. The molecule has 2 N–H and O–H groups in total. The Morgan fingerprint density at radius 1 is 1.43 bits per heavy atom. The van der Waals surface area contributed by atoms with Gasteiger partial charge in [0.15, 0.2) is 0 Å². The summed E-state index contributed by atoms with van der Waals surface area (Å²) in [6, 6.07) is -0.433. The number of nitrogens with one attached hydrogen (secondary N) is 2. The first kappa shape index (κ1) is 19.2. The number of rotatable bonds is 6. The summed E-state index contributed by atoms with van der Waals surface area (Å²) >= 11 is 0. The highest BCUT2D eigenvalue weighted by Gasteiger charge is 2.22. The fourth-order valence-electron chi connectivity index (χ4n) is 2.52. The third-order valence-electron chi connectivity index (χ3n) is 3.69. The molecule has 2 aromatic heterocycles. The Bertz CT molecular complexity index is 633. The predicted octanol–water partition coefficient (Wildman–Crippen LogP) is 1.45. The van der Waals surface area contributed by atoms with E-state index in [0.717, 1.165) is 22.6 Å². The smallest absolute Gasteiger partial charge is 0.242 e. The van der Waals surface area contributed by atoms with Crippen molar-refractivity contribution in [2.45, 2.75) is 39.3 Å². The van der Waals surface area contributed by atoms with Crippen molar-refractivity contribution >= 4 is 18.3 Å². The number of amides is 1. The van der Waals surface area contributed by atoms with E-state index in [1.807, 2.05) is 34.0 Å². The number of hydrogen-bond acceptors (Lipinski definition) is 5. The minimum atomic E-state index is -0.416. The number of aryl methyl sites for hydroxylation is 3. The Morgan fingerprint density at radius 2 is 2.13 bits per heavy atom.